The molecule has 3 heteroatoms. The summed E-state index contributed by atoms with van der Waals surface area (Å²) in [5, 5.41) is 11.1. The second-order valence-corrected chi connectivity index (χ2v) is 6.10. The quantitative estimate of drug-likeness (QED) is 0.643. The third-order valence-corrected chi connectivity index (χ3v) is 4.02. The largest absolute Gasteiger partial charge is 0.507 e. The molecule has 2 aromatic rings. The SMILES string of the molecule is C=C[C@](C)(CCC=C(C)C)c1cc2ccc(=O)oc2cc1O. The molecule has 2 rings (SSSR count). The Morgan fingerprint density at radius 2 is 2.09 bits per heavy atom. The van der Waals surface area contributed by atoms with Gasteiger partial charge in [0.1, 0.15) is 11.3 Å². The summed E-state index contributed by atoms with van der Waals surface area (Å²) in [4.78, 5) is 11.3. The molecule has 1 aromatic carbocycles. The molecule has 0 unspecified atom stereocenters. The van der Waals surface area contributed by atoms with E-state index in [0.29, 0.717) is 5.58 Å². The Labute approximate surface area is 130 Å². The number of allylic oxidation sites excluding steroid dienone is 3. The first-order valence-corrected chi connectivity index (χ1v) is 7.40. The maximum atomic E-state index is 11.3. The van der Waals surface area contributed by atoms with Gasteiger partial charge in [-0.1, -0.05) is 24.6 Å². The van der Waals surface area contributed by atoms with Crippen molar-refractivity contribution in [2.75, 3.05) is 0 Å². The van der Waals surface area contributed by atoms with Gasteiger partial charge in [-0.2, -0.15) is 0 Å². The molecule has 0 aliphatic rings. The number of fused-ring (bicyclic) bond motifs is 1. The second kappa shape index (κ2) is 6.22. The van der Waals surface area contributed by atoms with Gasteiger partial charge in [-0.3, -0.25) is 0 Å². The summed E-state index contributed by atoms with van der Waals surface area (Å²) in [7, 11) is 0. The standard InChI is InChI=1S/C19H22O3/c1-5-19(4,10-6-7-13(2)3)15-11-14-8-9-18(21)22-17(14)12-16(15)20/h5,7-9,11-12,20H,1,6,10H2,2-4H3/t19-/m1/s1. The molecule has 0 saturated heterocycles. The maximum Gasteiger partial charge on any atom is 0.336 e. The lowest BCUT2D eigenvalue weighted by Crippen LogP contribution is -2.18. The van der Waals surface area contributed by atoms with Gasteiger partial charge in [0.2, 0.25) is 0 Å². The predicted molar refractivity (Wildman–Crippen MR) is 90.4 cm³/mol. The fraction of sp³-hybridized carbons (Fsp3) is 0.316. The number of benzene rings is 1. The van der Waals surface area contributed by atoms with E-state index >= 15 is 0 Å². The zero-order valence-corrected chi connectivity index (χ0v) is 13.3. The van der Waals surface area contributed by atoms with Gasteiger partial charge in [0.05, 0.1) is 0 Å². The van der Waals surface area contributed by atoms with Crippen LogP contribution in [0, 0.1) is 0 Å². The first-order chi connectivity index (χ1) is 10.4. The molecule has 0 spiro atoms. The molecule has 3 nitrogen and oxygen atoms in total. The zero-order valence-electron chi connectivity index (χ0n) is 13.3. The highest BCUT2D eigenvalue weighted by atomic mass is 16.4. The van der Waals surface area contributed by atoms with Gasteiger partial charge in [0, 0.05) is 28.5 Å². The highest BCUT2D eigenvalue weighted by molar-refractivity contribution is 5.80. The van der Waals surface area contributed by atoms with Crippen LogP contribution in [0.4, 0.5) is 0 Å². The molecule has 1 atom stereocenters. The van der Waals surface area contributed by atoms with E-state index in [9.17, 15) is 9.90 Å². The lowest BCUT2D eigenvalue weighted by Gasteiger charge is -2.27. The summed E-state index contributed by atoms with van der Waals surface area (Å²) in [5.74, 6) is 0.126. The summed E-state index contributed by atoms with van der Waals surface area (Å²) >= 11 is 0. The van der Waals surface area contributed by atoms with Crippen molar-refractivity contribution in [2.45, 2.75) is 39.0 Å². The molecule has 0 saturated carbocycles. The maximum absolute atomic E-state index is 11.3. The van der Waals surface area contributed by atoms with E-state index in [-0.39, 0.29) is 11.2 Å². The van der Waals surface area contributed by atoms with E-state index in [2.05, 4.69) is 33.4 Å². The van der Waals surface area contributed by atoms with Crippen molar-refractivity contribution in [3.8, 4) is 5.75 Å². The van der Waals surface area contributed by atoms with Crippen LogP contribution < -0.4 is 5.63 Å². The Morgan fingerprint density at radius 3 is 2.73 bits per heavy atom. The molecule has 1 N–H and O–H groups in total. The van der Waals surface area contributed by atoms with Crippen molar-refractivity contribution < 1.29 is 9.52 Å². The minimum absolute atomic E-state index is 0.126. The van der Waals surface area contributed by atoms with Crippen LogP contribution in [0.25, 0.3) is 11.0 Å². The number of hydrogen-bond donors (Lipinski definition) is 1. The molecule has 0 aliphatic carbocycles. The monoisotopic (exact) mass is 298 g/mol. The van der Waals surface area contributed by atoms with E-state index in [1.807, 2.05) is 12.1 Å². The third kappa shape index (κ3) is 3.30. The summed E-state index contributed by atoms with van der Waals surface area (Å²) < 4.78 is 5.11. The molecule has 0 bridgehead atoms. The molecule has 1 heterocycles. The molecule has 0 radical (unpaired) electrons. The first kappa shape index (κ1) is 16.1. The van der Waals surface area contributed by atoms with Crippen LogP contribution in [0.2, 0.25) is 0 Å². The number of hydrogen-bond acceptors (Lipinski definition) is 3. The molecule has 1 aromatic heterocycles. The van der Waals surface area contributed by atoms with Gasteiger partial charge >= 0.3 is 5.63 Å². The molecule has 0 aliphatic heterocycles. The van der Waals surface area contributed by atoms with Gasteiger partial charge in [0.25, 0.3) is 0 Å². The first-order valence-electron chi connectivity index (χ1n) is 7.40. The van der Waals surface area contributed by atoms with Gasteiger partial charge in [-0.25, -0.2) is 4.79 Å². The van der Waals surface area contributed by atoms with Crippen molar-refractivity contribution >= 4 is 11.0 Å². The fourth-order valence-electron chi connectivity index (χ4n) is 2.57. The van der Waals surface area contributed by atoms with Crippen LogP contribution in [0.15, 0.2) is 57.8 Å². The molecule has 116 valence electrons. The molecule has 0 amide bonds. The fourth-order valence-corrected chi connectivity index (χ4v) is 2.57. The van der Waals surface area contributed by atoms with Gasteiger partial charge in [-0.05, 0) is 38.8 Å². The number of aromatic hydroxyl groups is 1. The summed E-state index contributed by atoms with van der Waals surface area (Å²) in [6.45, 7) is 10.1. The number of phenols is 1. The normalized spacial score (nSPS) is 13.6. The minimum atomic E-state index is -0.422. The Hall–Kier alpha value is -2.29. The molecule has 0 fully saturated rings. The Balaban J connectivity index is 2.48. The Kier molecular flexibility index (Phi) is 4.55. The topological polar surface area (TPSA) is 50.4 Å². The van der Waals surface area contributed by atoms with E-state index in [0.717, 1.165) is 23.8 Å². The average Bonchev–Trinajstić information content (AvgIpc) is 2.45. The van der Waals surface area contributed by atoms with Gasteiger partial charge < -0.3 is 9.52 Å². The summed E-state index contributed by atoms with van der Waals surface area (Å²) in [6.07, 6.45) is 5.80. The van der Waals surface area contributed by atoms with E-state index in [1.165, 1.54) is 17.7 Å². The van der Waals surface area contributed by atoms with E-state index in [1.54, 1.807) is 6.07 Å². The highest BCUT2D eigenvalue weighted by Crippen LogP contribution is 2.38. The molecular weight excluding hydrogens is 276 g/mol. The van der Waals surface area contributed by atoms with E-state index in [4.69, 9.17) is 4.42 Å². The third-order valence-electron chi connectivity index (χ3n) is 4.02. The Morgan fingerprint density at radius 1 is 1.36 bits per heavy atom. The molecular formula is C19H22O3. The van der Waals surface area contributed by atoms with Crippen LogP contribution >= 0.6 is 0 Å². The van der Waals surface area contributed by atoms with Gasteiger partial charge in [0.15, 0.2) is 0 Å². The lowest BCUT2D eigenvalue weighted by atomic mass is 9.77. The zero-order chi connectivity index (χ0) is 16.3. The average molecular weight is 298 g/mol. The van der Waals surface area contributed by atoms with Crippen molar-refractivity contribution in [1.82, 2.24) is 0 Å². The predicted octanol–water partition coefficient (Wildman–Crippen LogP) is 4.69. The van der Waals surface area contributed by atoms with Crippen molar-refractivity contribution in [3.05, 3.63) is 64.6 Å². The van der Waals surface area contributed by atoms with Crippen molar-refractivity contribution in [2.24, 2.45) is 0 Å². The van der Waals surface area contributed by atoms with Gasteiger partial charge in [-0.15, -0.1) is 6.58 Å². The smallest absolute Gasteiger partial charge is 0.336 e. The minimum Gasteiger partial charge on any atom is -0.507 e. The van der Waals surface area contributed by atoms with Crippen LogP contribution in [-0.2, 0) is 5.41 Å². The van der Waals surface area contributed by atoms with Crippen molar-refractivity contribution in [1.29, 1.82) is 0 Å². The van der Waals surface area contributed by atoms with Crippen molar-refractivity contribution in [3.63, 3.8) is 0 Å². The Bertz CT molecular complexity index is 779. The van der Waals surface area contributed by atoms with Crippen LogP contribution in [0.1, 0.15) is 39.2 Å². The number of phenolic OH excluding ortho intramolecular Hbond substituents is 1. The highest BCUT2D eigenvalue weighted by Gasteiger charge is 2.26. The second-order valence-electron chi connectivity index (χ2n) is 6.10. The lowest BCUT2D eigenvalue weighted by molar-refractivity contribution is 0.440. The van der Waals surface area contributed by atoms with Crippen LogP contribution in [-0.4, -0.2) is 5.11 Å². The molecule has 22 heavy (non-hydrogen) atoms. The summed E-state index contributed by atoms with van der Waals surface area (Å²) in [6, 6.07) is 6.48. The van der Waals surface area contributed by atoms with E-state index < -0.39 is 5.63 Å². The van der Waals surface area contributed by atoms with Crippen LogP contribution in [0.5, 0.6) is 5.75 Å². The number of rotatable bonds is 5. The summed E-state index contributed by atoms with van der Waals surface area (Å²) in [5.41, 5.74) is 1.70. The van der Waals surface area contributed by atoms with Crippen LogP contribution in [0.3, 0.4) is 0 Å².